The van der Waals surface area contributed by atoms with E-state index < -0.39 is 34.6 Å². The topological polar surface area (TPSA) is 110 Å². The Kier molecular flexibility index (Phi) is 5.07. The summed E-state index contributed by atoms with van der Waals surface area (Å²) < 4.78 is 5.97. The molecule has 1 rings (SSSR count). The number of ether oxygens (including phenoxy) is 1. The summed E-state index contributed by atoms with van der Waals surface area (Å²) >= 11 is 0. The van der Waals surface area contributed by atoms with Gasteiger partial charge in [0.1, 0.15) is 18.2 Å². The summed E-state index contributed by atoms with van der Waals surface area (Å²) in [4.78, 5) is 46.0. The minimum atomic E-state index is -0.858. The highest BCUT2D eigenvalue weighted by Gasteiger charge is 2.23. The highest BCUT2D eigenvalue weighted by Crippen LogP contribution is 2.08. The molecule has 1 amide bonds. The monoisotopic (exact) mass is 297 g/mol. The first-order chi connectivity index (χ1) is 9.58. The van der Waals surface area contributed by atoms with E-state index in [-0.39, 0.29) is 6.54 Å². The average molecular weight is 297 g/mol. The SMILES string of the molecule is C[C@@H](NC(=O)Cn1[nH]c(=O)ccc1=O)C(=O)OC(C)(C)C. The van der Waals surface area contributed by atoms with Crippen LogP contribution in [0.2, 0.25) is 0 Å². The molecule has 8 nitrogen and oxygen atoms in total. The first-order valence-electron chi connectivity index (χ1n) is 6.41. The molecule has 0 fully saturated rings. The van der Waals surface area contributed by atoms with Crippen molar-refractivity contribution >= 4 is 11.9 Å². The van der Waals surface area contributed by atoms with Gasteiger partial charge in [-0.15, -0.1) is 0 Å². The van der Waals surface area contributed by atoms with E-state index in [0.717, 1.165) is 16.8 Å². The third-order valence-corrected chi connectivity index (χ3v) is 2.33. The Labute approximate surface area is 121 Å². The Hall–Kier alpha value is -2.38. The van der Waals surface area contributed by atoms with Crippen LogP contribution in [0.3, 0.4) is 0 Å². The van der Waals surface area contributed by atoms with Crippen LogP contribution in [-0.2, 0) is 20.9 Å². The molecule has 0 aliphatic rings. The molecule has 1 aromatic rings. The zero-order valence-electron chi connectivity index (χ0n) is 12.4. The fourth-order valence-electron chi connectivity index (χ4n) is 1.46. The lowest BCUT2D eigenvalue weighted by Gasteiger charge is -2.22. The number of esters is 1. The molecule has 0 aliphatic heterocycles. The second kappa shape index (κ2) is 6.38. The van der Waals surface area contributed by atoms with E-state index in [1.807, 2.05) is 0 Å². The number of nitrogens with zero attached hydrogens (tertiary/aromatic N) is 1. The predicted molar refractivity (Wildman–Crippen MR) is 74.8 cm³/mol. The standard InChI is InChI=1S/C13H19N3O5/c1-8(12(20)21-13(2,3)4)14-10(18)7-16-11(19)6-5-9(17)15-16/h5-6,8H,7H2,1-4H3,(H,14,18)(H,15,17)/t8-/m1/s1. The van der Waals surface area contributed by atoms with Crippen molar-refractivity contribution in [2.75, 3.05) is 0 Å². The van der Waals surface area contributed by atoms with Crippen molar-refractivity contribution in [2.24, 2.45) is 0 Å². The molecule has 0 saturated carbocycles. The molecular weight excluding hydrogens is 278 g/mol. The zero-order valence-corrected chi connectivity index (χ0v) is 12.4. The third kappa shape index (κ3) is 5.64. The fraction of sp³-hybridized carbons (Fsp3) is 0.538. The van der Waals surface area contributed by atoms with Crippen molar-refractivity contribution in [1.82, 2.24) is 15.1 Å². The molecule has 116 valence electrons. The van der Waals surface area contributed by atoms with E-state index in [0.29, 0.717) is 0 Å². The zero-order chi connectivity index (χ0) is 16.2. The number of carbonyl (C=O) groups excluding carboxylic acids is 2. The molecule has 2 N–H and O–H groups in total. The van der Waals surface area contributed by atoms with Crippen LogP contribution in [0.1, 0.15) is 27.7 Å². The molecule has 8 heteroatoms. The van der Waals surface area contributed by atoms with Crippen molar-refractivity contribution in [2.45, 2.75) is 45.9 Å². The van der Waals surface area contributed by atoms with Gasteiger partial charge < -0.3 is 10.1 Å². The number of aromatic nitrogens is 2. The molecule has 0 unspecified atom stereocenters. The molecule has 0 aromatic carbocycles. The Morgan fingerprint density at radius 2 is 1.95 bits per heavy atom. The second-order valence-electron chi connectivity index (χ2n) is 5.56. The maximum Gasteiger partial charge on any atom is 0.328 e. The van der Waals surface area contributed by atoms with Crippen LogP contribution in [0.4, 0.5) is 0 Å². The molecule has 1 heterocycles. The summed E-state index contributed by atoms with van der Waals surface area (Å²) in [5, 5.41) is 4.62. The van der Waals surface area contributed by atoms with E-state index in [1.54, 1.807) is 20.8 Å². The van der Waals surface area contributed by atoms with E-state index in [4.69, 9.17) is 4.74 Å². The average Bonchev–Trinajstić information content (AvgIpc) is 2.31. The van der Waals surface area contributed by atoms with Gasteiger partial charge in [0, 0.05) is 12.1 Å². The van der Waals surface area contributed by atoms with Crippen LogP contribution in [0.15, 0.2) is 21.7 Å². The van der Waals surface area contributed by atoms with Crippen LogP contribution in [0.5, 0.6) is 0 Å². The number of aromatic amines is 1. The van der Waals surface area contributed by atoms with Gasteiger partial charge in [-0.25, -0.2) is 9.48 Å². The number of hydrogen-bond donors (Lipinski definition) is 2. The molecule has 0 radical (unpaired) electrons. The van der Waals surface area contributed by atoms with Gasteiger partial charge >= 0.3 is 5.97 Å². The van der Waals surface area contributed by atoms with Crippen molar-refractivity contribution in [3.8, 4) is 0 Å². The van der Waals surface area contributed by atoms with E-state index in [9.17, 15) is 19.2 Å². The lowest BCUT2D eigenvalue weighted by atomic mass is 10.2. The normalized spacial score (nSPS) is 12.6. The molecule has 0 aliphatic carbocycles. The Bertz CT molecular complexity index is 638. The Balaban J connectivity index is 2.65. The maximum atomic E-state index is 11.8. The number of carbonyl (C=O) groups is 2. The second-order valence-corrected chi connectivity index (χ2v) is 5.56. The summed E-state index contributed by atoms with van der Waals surface area (Å²) in [5.74, 6) is -1.16. The lowest BCUT2D eigenvalue weighted by Crippen LogP contribution is -2.44. The van der Waals surface area contributed by atoms with Gasteiger partial charge in [-0.1, -0.05) is 0 Å². The minimum absolute atomic E-state index is 0.387. The van der Waals surface area contributed by atoms with Gasteiger partial charge in [-0.05, 0) is 27.7 Å². The number of nitrogens with one attached hydrogen (secondary N) is 2. The first kappa shape index (κ1) is 16.7. The molecule has 0 saturated heterocycles. The smallest absolute Gasteiger partial charge is 0.328 e. The van der Waals surface area contributed by atoms with Crippen molar-refractivity contribution < 1.29 is 14.3 Å². The van der Waals surface area contributed by atoms with Crippen LogP contribution >= 0.6 is 0 Å². The summed E-state index contributed by atoms with van der Waals surface area (Å²) in [5.41, 5.74) is -1.67. The summed E-state index contributed by atoms with van der Waals surface area (Å²) in [6.45, 7) is 6.24. The van der Waals surface area contributed by atoms with Gasteiger partial charge in [0.25, 0.3) is 11.1 Å². The number of H-pyrrole nitrogens is 1. The number of amides is 1. The van der Waals surface area contributed by atoms with E-state index in [1.165, 1.54) is 6.92 Å². The largest absolute Gasteiger partial charge is 0.458 e. The summed E-state index contributed by atoms with van der Waals surface area (Å²) in [6, 6.07) is 1.27. The van der Waals surface area contributed by atoms with Gasteiger partial charge in [0.05, 0.1) is 0 Å². The molecular formula is C13H19N3O5. The predicted octanol–water partition coefficient (Wildman–Crippen LogP) is -0.617. The van der Waals surface area contributed by atoms with Crippen LogP contribution < -0.4 is 16.4 Å². The minimum Gasteiger partial charge on any atom is -0.458 e. The summed E-state index contributed by atoms with van der Waals surface area (Å²) in [7, 11) is 0. The molecule has 21 heavy (non-hydrogen) atoms. The number of hydrogen-bond acceptors (Lipinski definition) is 5. The third-order valence-electron chi connectivity index (χ3n) is 2.33. The van der Waals surface area contributed by atoms with E-state index in [2.05, 4.69) is 10.4 Å². The van der Waals surface area contributed by atoms with Crippen molar-refractivity contribution in [3.05, 3.63) is 32.8 Å². The van der Waals surface area contributed by atoms with Crippen LogP contribution in [0.25, 0.3) is 0 Å². The van der Waals surface area contributed by atoms with Crippen molar-refractivity contribution in [1.29, 1.82) is 0 Å². The Morgan fingerprint density at radius 1 is 1.33 bits per heavy atom. The molecule has 0 bridgehead atoms. The summed E-state index contributed by atoms with van der Waals surface area (Å²) in [6.07, 6.45) is 0. The van der Waals surface area contributed by atoms with Crippen LogP contribution in [0, 0.1) is 0 Å². The highest BCUT2D eigenvalue weighted by molar-refractivity contribution is 5.84. The lowest BCUT2D eigenvalue weighted by molar-refractivity contribution is -0.158. The van der Waals surface area contributed by atoms with Crippen molar-refractivity contribution in [3.63, 3.8) is 0 Å². The quantitative estimate of drug-likeness (QED) is 0.720. The highest BCUT2D eigenvalue weighted by atomic mass is 16.6. The van der Waals surface area contributed by atoms with Gasteiger partial charge in [0.2, 0.25) is 5.91 Å². The molecule has 1 aromatic heterocycles. The van der Waals surface area contributed by atoms with Gasteiger partial charge in [-0.2, -0.15) is 0 Å². The Morgan fingerprint density at radius 3 is 2.52 bits per heavy atom. The number of rotatable bonds is 4. The fourth-order valence-corrected chi connectivity index (χ4v) is 1.46. The van der Waals surface area contributed by atoms with Gasteiger partial charge in [-0.3, -0.25) is 19.5 Å². The maximum absolute atomic E-state index is 11.8. The van der Waals surface area contributed by atoms with Gasteiger partial charge in [0.15, 0.2) is 0 Å². The molecule has 1 atom stereocenters. The van der Waals surface area contributed by atoms with E-state index >= 15 is 0 Å². The van der Waals surface area contributed by atoms with Crippen LogP contribution in [-0.4, -0.2) is 33.3 Å². The molecule has 0 spiro atoms. The first-order valence-corrected chi connectivity index (χ1v) is 6.41.